The van der Waals surface area contributed by atoms with Gasteiger partial charge in [0.2, 0.25) is 6.29 Å². The Morgan fingerprint density at radius 2 is 2.38 bits per heavy atom. The Morgan fingerprint density at radius 3 is 3.00 bits per heavy atom. The first-order valence-corrected chi connectivity index (χ1v) is 6.33. The summed E-state index contributed by atoms with van der Waals surface area (Å²) in [6.45, 7) is 0.891. The number of thiazole rings is 1. The van der Waals surface area contributed by atoms with E-state index in [0.29, 0.717) is 6.10 Å². The fourth-order valence-corrected chi connectivity index (χ4v) is 2.73. The third-order valence-electron chi connectivity index (χ3n) is 2.67. The molecule has 90 valence electrons. The van der Waals surface area contributed by atoms with Crippen LogP contribution in [0.2, 0.25) is 0 Å². The average molecular weight is 243 g/mol. The SMILES string of the molecule is COC(OC)c1csc(CC2CCCO2)n1. The summed E-state index contributed by atoms with van der Waals surface area (Å²) in [5.41, 5.74) is 0.850. The van der Waals surface area contributed by atoms with Crippen molar-refractivity contribution in [1.82, 2.24) is 4.98 Å². The van der Waals surface area contributed by atoms with Gasteiger partial charge < -0.3 is 14.2 Å². The van der Waals surface area contributed by atoms with Crippen LogP contribution in [0.4, 0.5) is 0 Å². The van der Waals surface area contributed by atoms with Gasteiger partial charge in [-0.15, -0.1) is 11.3 Å². The second kappa shape index (κ2) is 5.72. The maximum atomic E-state index is 5.58. The van der Waals surface area contributed by atoms with E-state index in [4.69, 9.17) is 14.2 Å². The van der Waals surface area contributed by atoms with E-state index in [-0.39, 0.29) is 6.29 Å². The van der Waals surface area contributed by atoms with Gasteiger partial charge in [-0.05, 0) is 12.8 Å². The molecule has 1 aliphatic rings. The Morgan fingerprint density at radius 1 is 1.56 bits per heavy atom. The van der Waals surface area contributed by atoms with Crippen molar-refractivity contribution in [2.75, 3.05) is 20.8 Å². The summed E-state index contributed by atoms with van der Waals surface area (Å²) in [7, 11) is 3.24. The van der Waals surface area contributed by atoms with E-state index in [1.165, 1.54) is 6.42 Å². The van der Waals surface area contributed by atoms with E-state index in [2.05, 4.69) is 4.98 Å². The number of methoxy groups -OCH3 is 2. The van der Waals surface area contributed by atoms with Crippen LogP contribution in [-0.2, 0) is 20.6 Å². The normalized spacial score (nSPS) is 20.8. The Labute approximate surface area is 99.5 Å². The number of rotatable bonds is 5. The molecule has 0 aromatic carbocycles. The molecule has 1 fully saturated rings. The van der Waals surface area contributed by atoms with Gasteiger partial charge in [-0.1, -0.05) is 0 Å². The molecule has 0 saturated carbocycles. The predicted octanol–water partition coefficient (Wildman–Crippen LogP) is 2.16. The Balaban J connectivity index is 1.95. The smallest absolute Gasteiger partial charge is 0.201 e. The molecule has 1 atom stereocenters. The van der Waals surface area contributed by atoms with Crippen LogP contribution in [0.1, 0.15) is 29.8 Å². The first-order chi connectivity index (χ1) is 7.83. The molecule has 0 bridgehead atoms. The van der Waals surface area contributed by atoms with Gasteiger partial charge in [-0.25, -0.2) is 4.98 Å². The zero-order valence-electron chi connectivity index (χ0n) is 9.64. The third-order valence-corrected chi connectivity index (χ3v) is 3.55. The lowest BCUT2D eigenvalue weighted by atomic mass is 10.2. The van der Waals surface area contributed by atoms with Gasteiger partial charge in [0.25, 0.3) is 0 Å². The minimum absolute atomic E-state index is 0.350. The summed E-state index contributed by atoms with van der Waals surface area (Å²) in [4.78, 5) is 4.50. The molecule has 16 heavy (non-hydrogen) atoms. The van der Waals surface area contributed by atoms with Gasteiger partial charge in [-0.2, -0.15) is 0 Å². The van der Waals surface area contributed by atoms with Crippen LogP contribution in [0.5, 0.6) is 0 Å². The summed E-state index contributed by atoms with van der Waals surface area (Å²) < 4.78 is 15.9. The molecule has 1 unspecified atom stereocenters. The van der Waals surface area contributed by atoms with Gasteiger partial charge in [-0.3, -0.25) is 0 Å². The van der Waals surface area contributed by atoms with Gasteiger partial charge >= 0.3 is 0 Å². The third kappa shape index (κ3) is 2.79. The second-order valence-corrected chi connectivity index (χ2v) is 4.75. The molecule has 0 N–H and O–H groups in total. The van der Waals surface area contributed by atoms with Crippen molar-refractivity contribution in [2.24, 2.45) is 0 Å². The molecule has 4 nitrogen and oxygen atoms in total. The Hall–Kier alpha value is -0.490. The number of nitrogens with zero attached hydrogens (tertiary/aromatic N) is 1. The highest BCUT2D eigenvalue weighted by molar-refractivity contribution is 7.09. The summed E-state index contributed by atoms with van der Waals surface area (Å²) in [6, 6.07) is 0. The highest BCUT2D eigenvalue weighted by Crippen LogP contribution is 2.23. The van der Waals surface area contributed by atoms with E-state index >= 15 is 0 Å². The fourth-order valence-electron chi connectivity index (χ4n) is 1.86. The molecule has 1 aromatic rings. The lowest BCUT2D eigenvalue weighted by Gasteiger charge is -2.10. The molecule has 2 rings (SSSR count). The van der Waals surface area contributed by atoms with E-state index < -0.39 is 0 Å². The molecule has 2 heterocycles. The van der Waals surface area contributed by atoms with Crippen LogP contribution < -0.4 is 0 Å². The minimum Gasteiger partial charge on any atom is -0.378 e. The number of hydrogen-bond acceptors (Lipinski definition) is 5. The van der Waals surface area contributed by atoms with Crippen molar-refractivity contribution in [3.63, 3.8) is 0 Å². The molecule has 0 aliphatic carbocycles. The summed E-state index contributed by atoms with van der Waals surface area (Å²) in [6.07, 6.45) is 3.22. The first kappa shape index (κ1) is 12.0. The topological polar surface area (TPSA) is 40.6 Å². The lowest BCUT2D eigenvalue weighted by Crippen LogP contribution is -2.09. The van der Waals surface area contributed by atoms with Crippen molar-refractivity contribution >= 4 is 11.3 Å². The predicted molar refractivity (Wildman–Crippen MR) is 61.6 cm³/mol. The average Bonchev–Trinajstić information content (AvgIpc) is 2.93. The van der Waals surface area contributed by atoms with E-state index in [0.717, 1.165) is 30.2 Å². The molecule has 0 spiro atoms. The van der Waals surface area contributed by atoms with Crippen molar-refractivity contribution < 1.29 is 14.2 Å². The van der Waals surface area contributed by atoms with Crippen LogP contribution in [0.15, 0.2) is 5.38 Å². The van der Waals surface area contributed by atoms with Crippen molar-refractivity contribution in [3.8, 4) is 0 Å². The van der Waals surface area contributed by atoms with Crippen LogP contribution in [0, 0.1) is 0 Å². The van der Waals surface area contributed by atoms with Gasteiger partial charge in [0.05, 0.1) is 11.1 Å². The maximum Gasteiger partial charge on any atom is 0.201 e. The summed E-state index contributed by atoms with van der Waals surface area (Å²) in [5.74, 6) is 0. The molecule has 1 aliphatic heterocycles. The van der Waals surface area contributed by atoms with Crippen LogP contribution in [-0.4, -0.2) is 31.9 Å². The van der Waals surface area contributed by atoms with Crippen molar-refractivity contribution in [1.29, 1.82) is 0 Å². The highest BCUT2D eigenvalue weighted by Gasteiger charge is 2.19. The van der Waals surface area contributed by atoms with Gasteiger partial charge in [0, 0.05) is 32.6 Å². The van der Waals surface area contributed by atoms with Gasteiger partial charge in [0.1, 0.15) is 5.69 Å². The van der Waals surface area contributed by atoms with E-state index in [9.17, 15) is 0 Å². The van der Waals surface area contributed by atoms with Gasteiger partial charge in [0.15, 0.2) is 0 Å². The highest BCUT2D eigenvalue weighted by atomic mass is 32.1. The molecule has 5 heteroatoms. The summed E-state index contributed by atoms with van der Waals surface area (Å²) >= 11 is 1.64. The molecular formula is C11H17NO3S. The largest absolute Gasteiger partial charge is 0.378 e. The van der Waals surface area contributed by atoms with Crippen LogP contribution in [0.25, 0.3) is 0 Å². The van der Waals surface area contributed by atoms with Crippen molar-refractivity contribution in [3.05, 3.63) is 16.1 Å². The van der Waals surface area contributed by atoms with Crippen LogP contribution >= 0.6 is 11.3 Å². The molecule has 1 saturated heterocycles. The maximum absolute atomic E-state index is 5.58. The minimum atomic E-state index is -0.352. The Kier molecular flexibility index (Phi) is 4.29. The van der Waals surface area contributed by atoms with Crippen molar-refractivity contribution in [2.45, 2.75) is 31.7 Å². The molecular weight excluding hydrogens is 226 g/mol. The van der Waals surface area contributed by atoms with Crippen LogP contribution in [0.3, 0.4) is 0 Å². The van der Waals surface area contributed by atoms with E-state index in [1.54, 1.807) is 25.6 Å². The Bertz CT molecular complexity index is 319. The standard InChI is InChI=1S/C11H17NO3S/c1-13-11(14-2)9-7-16-10(12-9)6-8-4-3-5-15-8/h7-8,11H,3-6H2,1-2H3. The van der Waals surface area contributed by atoms with E-state index in [1.807, 2.05) is 5.38 Å². The molecule has 0 amide bonds. The quantitative estimate of drug-likeness (QED) is 0.743. The summed E-state index contributed by atoms with van der Waals surface area (Å²) in [5, 5.41) is 3.09. The lowest BCUT2D eigenvalue weighted by molar-refractivity contribution is -0.108. The molecule has 0 radical (unpaired) electrons. The fraction of sp³-hybridized carbons (Fsp3) is 0.727. The number of ether oxygens (including phenoxy) is 3. The molecule has 1 aromatic heterocycles. The monoisotopic (exact) mass is 243 g/mol. The number of aromatic nitrogens is 1. The zero-order valence-corrected chi connectivity index (χ0v) is 10.5. The first-order valence-electron chi connectivity index (χ1n) is 5.45. The zero-order chi connectivity index (χ0) is 11.4. The number of hydrogen-bond donors (Lipinski definition) is 0. The second-order valence-electron chi connectivity index (χ2n) is 3.81.